The lowest BCUT2D eigenvalue weighted by Gasteiger charge is -2.27. The van der Waals surface area contributed by atoms with Crippen molar-refractivity contribution in [2.75, 3.05) is 19.8 Å². The van der Waals surface area contributed by atoms with Crippen molar-refractivity contribution >= 4 is 11.9 Å². The third-order valence-electron chi connectivity index (χ3n) is 3.52. The van der Waals surface area contributed by atoms with Gasteiger partial charge in [0.05, 0.1) is 6.61 Å². The van der Waals surface area contributed by atoms with Gasteiger partial charge in [0.15, 0.2) is 0 Å². The third kappa shape index (κ3) is 14.4. The Morgan fingerprint density at radius 2 is 1.62 bits per heavy atom. The number of aliphatic hydroxyl groups excluding tert-OH is 3. The van der Waals surface area contributed by atoms with Crippen LogP contribution in [-0.2, 0) is 9.59 Å². The van der Waals surface area contributed by atoms with Crippen LogP contribution in [-0.4, -0.2) is 58.2 Å². The molecule has 5 N–H and O–H groups in total. The Labute approximate surface area is 145 Å². The summed E-state index contributed by atoms with van der Waals surface area (Å²) in [7, 11) is 0. The average molecular weight is 349 g/mol. The molecule has 0 aromatic rings. The smallest absolute Gasteiger partial charge is 0.303 e. The van der Waals surface area contributed by atoms with Crippen molar-refractivity contribution in [2.45, 2.75) is 71.8 Å². The second-order valence-corrected chi connectivity index (χ2v) is 6.48. The van der Waals surface area contributed by atoms with Crippen molar-refractivity contribution in [2.24, 2.45) is 5.41 Å². The van der Waals surface area contributed by atoms with Gasteiger partial charge in [-0.15, -0.1) is 0 Å². The fourth-order valence-corrected chi connectivity index (χ4v) is 1.71. The van der Waals surface area contributed by atoms with Crippen molar-refractivity contribution in [3.05, 3.63) is 0 Å². The molecule has 0 spiro atoms. The van der Waals surface area contributed by atoms with E-state index in [1.165, 1.54) is 19.3 Å². The maximum Gasteiger partial charge on any atom is 0.303 e. The van der Waals surface area contributed by atoms with Crippen LogP contribution in [0.1, 0.15) is 65.7 Å². The average Bonchev–Trinajstić information content (AvgIpc) is 2.54. The van der Waals surface area contributed by atoms with Gasteiger partial charge in [-0.2, -0.15) is 0 Å². The molecule has 7 nitrogen and oxygen atoms in total. The van der Waals surface area contributed by atoms with Gasteiger partial charge >= 0.3 is 5.97 Å². The second kappa shape index (κ2) is 15.4. The molecule has 1 atom stereocenters. The van der Waals surface area contributed by atoms with Crippen LogP contribution in [0.15, 0.2) is 0 Å². The molecule has 0 aromatic heterocycles. The van der Waals surface area contributed by atoms with E-state index in [0.29, 0.717) is 19.4 Å². The highest BCUT2D eigenvalue weighted by atomic mass is 16.4. The number of hydrogen-bond donors (Lipinski definition) is 5. The van der Waals surface area contributed by atoms with E-state index >= 15 is 0 Å². The highest BCUT2D eigenvalue weighted by Crippen LogP contribution is 2.19. The van der Waals surface area contributed by atoms with Crippen LogP contribution in [0.2, 0.25) is 0 Å². The first kappa shape index (κ1) is 25.1. The van der Waals surface area contributed by atoms with Gasteiger partial charge in [0.25, 0.3) is 0 Å². The van der Waals surface area contributed by atoms with E-state index in [0.717, 1.165) is 12.8 Å². The molecular weight excluding hydrogens is 314 g/mol. The Bertz CT molecular complexity index is 333. The van der Waals surface area contributed by atoms with Crippen molar-refractivity contribution in [1.29, 1.82) is 0 Å². The van der Waals surface area contributed by atoms with Crippen molar-refractivity contribution in [1.82, 2.24) is 5.32 Å². The lowest BCUT2D eigenvalue weighted by Crippen LogP contribution is -2.45. The molecule has 0 aliphatic carbocycles. The number of aliphatic hydroxyl groups is 3. The highest BCUT2D eigenvalue weighted by molar-refractivity contribution is 5.81. The zero-order chi connectivity index (χ0) is 19.0. The quantitative estimate of drug-likeness (QED) is 0.338. The van der Waals surface area contributed by atoms with Gasteiger partial charge in [0.2, 0.25) is 5.91 Å². The molecule has 0 aliphatic rings. The van der Waals surface area contributed by atoms with E-state index in [1.54, 1.807) is 13.8 Å². The van der Waals surface area contributed by atoms with Gasteiger partial charge in [0.1, 0.15) is 6.10 Å². The summed E-state index contributed by atoms with van der Waals surface area (Å²) in [5, 5.41) is 37.6. The molecule has 0 saturated carbocycles. The molecule has 24 heavy (non-hydrogen) atoms. The van der Waals surface area contributed by atoms with E-state index < -0.39 is 23.4 Å². The largest absolute Gasteiger partial charge is 0.481 e. The number of hydrogen-bond acceptors (Lipinski definition) is 5. The molecule has 0 heterocycles. The summed E-state index contributed by atoms with van der Waals surface area (Å²) in [5.41, 5.74) is -0.844. The first-order valence-electron chi connectivity index (χ1n) is 8.62. The fourth-order valence-electron chi connectivity index (χ4n) is 1.71. The van der Waals surface area contributed by atoms with Crippen LogP contribution in [0.4, 0.5) is 0 Å². The molecule has 0 radical (unpaired) electrons. The van der Waals surface area contributed by atoms with E-state index in [9.17, 15) is 14.7 Å². The zero-order valence-electron chi connectivity index (χ0n) is 15.3. The maximum atomic E-state index is 11.3. The van der Waals surface area contributed by atoms with Crippen LogP contribution in [0.25, 0.3) is 0 Å². The van der Waals surface area contributed by atoms with Crippen molar-refractivity contribution in [3.8, 4) is 0 Å². The number of unbranched alkanes of at least 4 members (excludes halogenated alkanes) is 4. The first-order chi connectivity index (χ1) is 11.2. The Morgan fingerprint density at radius 1 is 1.04 bits per heavy atom. The van der Waals surface area contributed by atoms with Crippen LogP contribution in [0, 0.1) is 5.41 Å². The van der Waals surface area contributed by atoms with Gasteiger partial charge in [-0.05, 0) is 12.8 Å². The Morgan fingerprint density at radius 3 is 2.08 bits per heavy atom. The number of carboxylic acid groups (broad SMARTS) is 1. The number of carboxylic acids is 1. The second-order valence-electron chi connectivity index (χ2n) is 6.48. The minimum absolute atomic E-state index is 0.000230. The van der Waals surface area contributed by atoms with E-state index in [-0.39, 0.29) is 13.2 Å². The standard InChI is InChI=1S/C9H19NO4.C8H16O2/c1-9(2,6-12)7(13)8(14)10-4-3-5-11;1-2-3-4-5-6-7-8(9)10/h7,11-13H,3-6H2,1-2H3,(H,10,14);2-7H2,1H3,(H,9,10)/t7-;/m0./s1. The van der Waals surface area contributed by atoms with E-state index in [1.807, 2.05) is 0 Å². The summed E-state index contributed by atoms with van der Waals surface area (Å²) in [5.74, 6) is -1.19. The fraction of sp³-hybridized carbons (Fsp3) is 0.882. The molecule has 0 fully saturated rings. The highest BCUT2D eigenvalue weighted by Gasteiger charge is 2.32. The molecule has 0 bridgehead atoms. The SMILES string of the molecule is CC(C)(CO)[C@@H](O)C(=O)NCCCO.CCCCCCCC(=O)O. The van der Waals surface area contributed by atoms with Crippen LogP contribution < -0.4 is 5.32 Å². The van der Waals surface area contributed by atoms with Gasteiger partial charge in [-0.1, -0.05) is 46.5 Å². The van der Waals surface area contributed by atoms with E-state index in [4.69, 9.17) is 15.3 Å². The Kier molecular flexibility index (Phi) is 16.0. The van der Waals surface area contributed by atoms with Crippen LogP contribution in [0.5, 0.6) is 0 Å². The molecule has 0 aromatic carbocycles. The number of rotatable bonds is 12. The van der Waals surface area contributed by atoms with Crippen LogP contribution in [0.3, 0.4) is 0 Å². The minimum Gasteiger partial charge on any atom is -0.481 e. The predicted molar refractivity (Wildman–Crippen MR) is 92.6 cm³/mol. The molecule has 144 valence electrons. The summed E-state index contributed by atoms with van der Waals surface area (Å²) in [6.45, 7) is 5.42. The summed E-state index contributed by atoms with van der Waals surface area (Å²) >= 11 is 0. The summed E-state index contributed by atoms with van der Waals surface area (Å²) < 4.78 is 0. The third-order valence-corrected chi connectivity index (χ3v) is 3.52. The molecule has 0 unspecified atom stereocenters. The maximum absolute atomic E-state index is 11.3. The van der Waals surface area contributed by atoms with Gasteiger partial charge in [-0.3, -0.25) is 9.59 Å². The van der Waals surface area contributed by atoms with Gasteiger partial charge in [0, 0.05) is 25.0 Å². The Hall–Kier alpha value is -1.18. The molecule has 7 heteroatoms. The van der Waals surface area contributed by atoms with Crippen molar-refractivity contribution < 1.29 is 30.0 Å². The molecule has 0 rings (SSSR count). The van der Waals surface area contributed by atoms with E-state index in [2.05, 4.69) is 12.2 Å². The number of carbonyl (C=O) groups excluding carboxylic acids is 1. The lowest BCUT2D eigenvalue weighted by molar-refractivity contribution is -0.137. The topological polar surface area (TPSA) is 127 Å². The molecule has 0 aliphatic heterocycles. The number of aliphatic carboxylic acids is 1. The first-order valence-corrected chi connectivity index (χ1v) is 8.62. The predicted octanol–water partition coefficient (Wildman–Crippen LogP) is 1.30. The summed E-state index contributed by atoms with van der Waals surface area (Å²) in [6.07, 6.45) is 5.11. The molecular formula is C17H35NO6. The van der Waals surface area contributed by atoms with Gasteiger partial charge in [-0.25, -0.2) is 0 Å². The number of nitrogens with one attached hydrogen (secondary N) is 1. The molecule has 1 amide bonds. The monoisotopic (exact) mass is 349 g/mol. The number of amides is 1. The Balaban J connectivity index is 0. The minimum atomic E-state index is -1.23. The summed E-state index contributed by atoms with van der Waals surface area (Å²) in [4.78, 5) is 21.3. The number of carbonyl (C=O) groups is 2. The normalized spacial score (nSPS) is 12.1. The van der Waals surface area contributed by atoms with Crippen LogP contribution >= 0.6 is 0 Å². The molecule has 0 saturated heterocycles. The lowest BCUT2D eigenvalue weighted by atomic mass is 9.87. The van der Waals surface area contributed by atoms with Gasteiger partial charge < -0.3 is 25.7 Å². The van der Waals surface area contributed by atoms with Crippen molar-refractivity contribution in [3.63, 3.8) is 0 Å². The summed E-state index contributed by atoms with van der Waals surface area (Å²) in [6, 6.07) is 0. The zero-order valence-corrected chi connectivity index (χ0v) is 15.3.